The van der Waals surface area contributed by atoms with Crippen molar-refractivity contribution in [2.75, 3.05) is 7.05 Å². The minimum Gasteiger partial charge on any atom is -0.319 e. The van der Waals surface area contributed by atoms with Gasteiger partial charge in [0.25, 0.3) is 0 Å². The molecular formula is C11H13ClFN2+. The third-order valence-corrected chi connectivity index (χ3v) is 2.63. The van der Waals surface area contributed by atoms with Gasteiger partial charge in [0.05, 0.1) is 12.8 Å². The van der Waals surface area contributed by atoms with E-state index in [0.717, 1.165) is 5.70 Å². The molecule has 1 aromatic rings. The van der Waals surface area contributed by atoms with Crippen molar-refractivity contribution >= 4 is 17.3 Å². The van der Waals surface area contributed by atoms with Crippen LogP contribution < -0.4 is 5.32 Å². The van der Waals surface area contributed by atoms with Gasteiger partial charge in [-0.2, -0.15) is 0 Å². The summed E-state index contributed by atoms with van der Waals surface area (Å²) in [5.41, 5.74) is 1.01. The Labute approximate surface area is 93.3 Å². The standard InChI is InChI=1S/C11H12ClFN2/c1-7(15-2)10(12)11(14)8-5-3-4-6-9(8)13/h3-6,14-15H,1-2H3/p+1. The van der Waals surface area contributed by atoms with Crippen LogP contribution >= 0.6 is 11.6 Å². The van der Waals surface area contributed by atoms with Crippen molar-refractivity contribution < 1.29 is 9.71 Å². The van der Waals surface area contributed by atoms with Gasteiger partial charge < -0.3 is 5.32 Å². The lowest BCUT2D eigenvalue weighted by molar-refractivity contribution is -0.576. The molecule has 1 rings (SSSR count). The lowest BCUT2D eigenvalue weighted by Crippen LogP contribution is -2.77. The molecule has 0 aliphatic rings. The molecular weight excluding hydrogens is 215 g/mol. The summed E-state index contributed by atoms with van der Waals surface area (Å²) in [5, 5.41) is 9.83. The molecule has 0 amide bonds. The first-order valence-electron chi connectivity index (χ1n) is 4.57. The van der Waals surface area contributed by atoms with Crippen LogP contribution in [0.1, 0.15) is 12.5 Å². The van der Waals surface area contributed by atoms with E-state index in [1.165, 1.54) is 6.07 Å². The molecule has 0 fully saturated rings. The zero-order valence-electron chi connectivity index (χ0n) is 8.64. The predicted octanol–water partition coefficient (Wildman–Crippen LogP) is 1.86. The molecule has 0 aliphatic heterocycles. The lowest BCUT2D eigenvalue weighted by Gasteiger charge is -2.05. The first kappa shape index (κ1) is 11.9. The Hall–Kier alpha value is -1.19. The van der Waals surface area contributed by atoms with E-state index in [0.29, 0.717) is 0 Å². The zero-order chi connectivity index (χ0) is 11.4. The molecule has 0 heterocycles. The normalized spacial score (nSPS) is 12.3. The minimum atomic E-state index is -0.426. The van der Waals surface area contributed by atoms with E-state index in [1.54, 1.807) is 30.4 Å². The minimum absolute atomic E-state index is 0.0189. The monoisotopic (exact) mass is 227 g/mol. The first-order valence-corrected chi connectivity index (χ1v) is 4.95. The molecule has 0 atom stereocenters. The highest BCUT2D eigenvalue weighted by atomic mass is 35.5. The number of hydrogen-bond donors (Lipinski definition) is 2. The maximum Gasteiger partial charge on any atom is 0.132 e. The fourth-order valence-electron chi connectivity index (χ4n) is 1.11. The number of benzene rings is 1. The van der Waals surface area contributed by atoms with Crippen molar-refractivity contribution in [1.82, 2.24) is 0 Å². The number of quaternary nitrogens is 1. The molecule has 0 unspecified atom stereocenters. The summed E-state index contributed by atoms with van der Waals surface area (Å²) in [7, 11) is 1.83. The smallest absolute Gasteiger partial charge is 0.132 e. The van der Waals surface area contributed by atoms with Gasteiger partial charge in [-0.3, -0.25) is 5.41 Å². The van der Waals surface area contributed by atoms with Crippen molar-refractivity contribution in [1.29, 1.82) is 5.41 Å². The fraction of sp³-hybridized carbons (Fsp3) is 0.182. The van der Waals surface area contributed by atoms with Gasteiger partial charge in [-0.05, 0) is 12.1 Å². The van der Waals surface area contributed by atoms with Crippen molar-refractivity contribution in [2.24, 2.45) is 0 Å². The fourth-order valence-corrected chi connectivity index (χ4v) is 1.32. The van der Waals surface area contributed by atoms with E-state index in [9.17, 15) is 4.39 Å². The molecule has 80 valence electrons. The molecule has 0 spiro atoms. The number of rotatable bonds is 3. The summed E-state index contributed by atoms with van der Waals surface area (Å²) in [6.07, 6.45) is 0. The van der Waals surface area contributed by atoms with Gasteiger partial charge in [-0.25, -0.2) is 4.39 Å². The van der Waals surface area contributed by atoms with Crippen molar-refractivity contribution in [3.8, 4) is 0 Å². The maximum atomic E-state index is 13.3. The highest BCUT2D eigenvalue weighted by Crippen LogP contribution is 2.16. The number of halogens is 2. The van der Waals surface area contributed by atoms with Crippen LogP contribution in [0, 0.1) is 11.2 Å². The van der Waals surface area contributed by atoms with E-state index in [1.807, 2.05) is 7.05 Å². The van der Waals surface area contributed by atoms with Gasteiger partial charge >= 0.3 is 0 Å². The van der Waals surface area contributed by atoms with E-state index in [4.69, 9.17) is 17.0 Å². The molecule has 0 aromatic heterocycles. The van der Waals surface area contributed by atoms with E-state index in [-0.39, 0.29) is 16.3 Å². The lowest BCUT2D eigenvalue weighted by atomic mass is 10.1. The molecule has 0 saturated heterocycles. The summed E-state index contributed by atoms with van der Waals surface area (Å²) in [4.78, 5) is 0. The summed E-state index contributed by atoms with van der Waals surface area (Å²) >= 11 is 5.95. The molecule has 2 nitrogen and oxygen atoms in total. The van der Waals surface area contributed by atoms with Gasteiger partial charge in [0.2, 0.25) is 0 Å². The largest absolute Gasteiger partial charge is 0.319 e. The predicted molar refractivity (Wildman–Crippen MR) is 59.6 cm³/mol. The van der Waals surface area contributed by atoms with Crippen LogP contribution in [0.3, 0.4) is 0 Å². The summed E-state index contributed by atoms with van der Waals surface area (Å²) in [5.74, 6) is -0.426. The Morgan fingerprint density at radius 2 is 2.00 bits per heavy atom. The first-order chi connectivity index (χ1) is 7.07. The molecule has 4 heteroatoms. The molecule has 0 radical (unpaired) electrons. The van der Waals surface area contributed by atoms with Crippen molar-refractivity contribution in [3.05, 3.63) is 46.4 Å². The molecule has 0 bridgehead atoms. The number of nitrogens with two attached hydrogens (primary N) is 1. The van der Waals surface area contributed by atoms with Gasteiger partial charge in [0.15, 0.2) is 0 Å². The highest BCUT2D eigenvalue weighted by Gasteiger charge is 2.13. The van der Waals surface area contributed by atoms with Gasteiger partial charge in [0, 0.05) is 12.5 Å². The Bertz CT molecular complexity index is 413. The molecule has 0 aliphatic carbocycles. The summed E-state index contributed by atoms with van der Waals surface area (Å²) in [6, 6.07) is 6.13. The molecule has 3 N–H and O–H groups in total. The van der Waals surface area contributed by atoms with Crippen LogP contribution in [-0.2, 0) is 0 Å². The Kier molecular flexibility index (Phi) is 4.00. The molecule has 0 saturated carbocycles. The molecule has 15 heavy (non-hydrogen) atoms. The number of hydrogen-bond acceptors (Lipinski definition) is 1. The van der Waals surface area contributed by atoms with Crippen LogP contribution in [0.4, 0.5) is 4.39 Å². The van der Waals surface area contributed by atoms with Crippen LogP contribution in [0.5, 0.6) is 0 Å². The second-order valence-electron chi connectivity index (χ2n) is 3.14. The Morgan fingerprint density at radius 1 is 1.40 bits per heavy atom. The highest BCUT2D eigenvalue weighted by molar-refractivity contribution is 6.45. The average Bonchev–Trinajstić information content (AvgIpc) is 2.26. The Balaban J connectivity index is 3.11. The van der Waals surface area contributed by atoms with Gasteiger partial charge in [-0.15, -0.1) is 0 Å². The van der Waals surface area contributed by atoms with Crippen LogP contribution in [0.25, 0.3) is 0 Å². The van der Waals surface area contributed by atoms with Gasteiger partial charge in [0.1, 0.15) is 16.5 Å². The third kappa shape index (κ3) is 2.64. The zero-order valence-corrected chi connectivity index (χ0v) is 9.40. The average molecular weight is 228 g/mol. The van der Waals surface area contributed by atoms with Crippen LogP contribution in [0.2, 0.25) is 0 Å². The summed E-state index contributed by atoms with van der Waals surface area (Å²) < 4.78 is 13.3. The second kappa shape index (κ2) is 5.05. The molecule has 1 aromatic carbocycles. The number of nitrogens with one attached hydrogen (secondary N) is 1. The number of allylic oxidation sites excluding steroid dienone is 2. The third-order valence-electron chi connectivity index (χ3n) is 2.14. The van der Waals surface area contributed by atoms with Crippen LogP contribution in [0.15, 0.2) is 35.0 Å². The topological polar surface area (TPSA) is 40.5 Å². The van der Waals surface area contributed by atoms with Crippen molar-refractivity contribution in [3.63, 3.8) is 0 Å². The van der Waals surface area contributed by atoms with E-state index in [2.05, 4.69) is 0 Å². The SMILES string of the molecule is C[NH2+]C(C)=C(Cl)C(=N)c1ccccc1F. The maximum absolute atomic E-state index is 13.3. The quantitative estimate of drug-likeness (QED) is 0.741. The van der Waals surface area contributed by atoms with E-state index >= 15 is 0 Å². The second-order valence-corrected chi connectivity index (χ2v) is 3.52. The van der Waals surface area contributed by atoms with Gasteiger partial charge in [-0.1, -0.05) is 23.7 Å². The van der Waals surface area contributed by atoms with Crippen molar-refractivity contribution in [2.45, 2.75) is 6.92 Å². The van der Waals surface area contributed by atoms with Crippen LogP contribution in [-0.4, -0.2) is 12.8 Å². The Morgan fingerprint density at radius 3 is 2.53 bits per heavy atom. The van der Waals surface area contributed by atoms with E-state index < -0.39 is 5.82 Å². The summed E-state index contributed by atoms with van der Waals surface area (Å²) in [6.45, 7) is 1.79.